The van der Waals surface area contributed by atoms with Crippen molar-refractivity contribution in [3.05, 3.63) is 24.3 Å². The quantitative estimate of drug-likeness (QED) is 0.773. The molecule has 2 atom stereocenters. The minimum absolute atomic E-state index is 0.132. The predicted octanol–water partition coefficient (Wildman–Crippen LogP) is 2.20. The highest BCUT2D eigenvalue weighted by molar-refractivity contribution is 5.73. The number of hydrogen-bond acceptors (Lipinski definition) is 3. The van der Waals surface area contributed by atoms with E-state index in [1.54, 1.807) is 12.4 Å². The number of H-pyrrole nitrogens is 1. The third kappa shape index (κ3) is 1.51. The van der Waals surface area contributed by atoms with Crippen LogP contribution < -0.4 is 0 Å². The summed E-state index contributed by atoms with van der Waals surface area (Å²) in [6.45, 7) is 2.10. The second-order valence-corrected chi connectivity index (χ2v) is 4.03. The van der Waals surface area contributed by atoms with Crippen molar-refractivity contribution in [2.24, 2.45) is 0 Å². The smallest absolute Gasteiger partial charge is 0.136 e. The molecule has 2 aromatic heterocycles. The van der Waals surface area contributed by atoms with E-state index in [-0.39, 0.29) is 6.10 Å². The lowest BCUT2D eigenvalue weighted by atomic mass is 10.2. The molecule has 1 aliphatic heterocycles. The first-order valence-corrected chi connectivity index (χ1v) is 5.28. The Morgan fingerprint density at radius 3 is 3.13 bits per heavy atom. The number of nitrogens with zero attached hydrogens (tertiary/aromatic N) is 2. The van der Waals surface area contributed by atoms with Crippen LogP contribution in [-0.4, -0.2) is 21.1 Å². The molecular formula is C11H13N3O. The van der Waals surface area contributed by atoms with Crippen molar-refractivity contribution < 1.29 is 4.74 Å². The topological polar surface area (TPSA) is 50.8 Å². The molecule has 3 heterocycles. The minimum atomic E-state index is 0.132. The maximum Gasteiger partial charge on any atom is 0.136 e. The molecule has 0 amide bonds. The Morgan fingerprint density at radius 1 is 1.47 bits per heavy atom. The molecule has 0 aromatic carbocycles. The Morgan fingerprint density at radius 2 is 2.40 bits per heavy atom. The van der Waals surface area contributed by atoms with Crippen LogP contribution in [0.15, 0.2) is 18.5 Å². The molecule has 4 nitrogen and oxygen atoms in total. The van der Waals surface area contributed by atoms with Crippen molar-refractivity contribution >= 4 is 11.0 Å². The largest absolute Gasteiger partial charge is 0.367 e. The monoisotopic (exact) mass is 203 g/mol. The molecule has 1 N–H and O–H groups in total. The van der Waals surface area contributed by atoms with Gasteiger partial charge >= 0.3 is 0 Å². The number of fused-ring (bicyclic) bond motifs is 1. The van der Waals surface area contributed by atoms with E-state index in [9.17, 15) is 0 Å². The van der Waals surface area contributed by atoms with Crippen molar-refractivity contribution in [2.75, 3.05) is 0 Å². The molecule has 1 aliphatic rings. The van der Waals surface area contributed by atoms with Crippen molar-refractivity contribution in [3.63, 3.8) is 0 Å². The van der Waals surface area contributed by atoms with Crippen LogP contribution in [0.25, 0.3) is 11.0 Å². The molecule has 1 fully saturated rings. The second kappa shape index (κ2) is 3.31. The van der Waals surface area contributed by atoms with Gasteiger partial charge in [-0.15, -0.1) is 0 Å². The summed E-state index contributed by atoms with van der Waals surface area (Å²) in [7, 11) is 0. The lowest BCUT2D eigenvalue weighted by molar-refractivity contribution is 0.0510. The predicted molar refractivity (Wildman–Crippen MR) is 56.4 cm³/mol. The van der Waals surface area contributed by atoms with Gasteiger partial charge in [0.1, 0.15) is 11.9 Å². The van der Waals surface area contributed by atoms with Crippen LogP contribution in [0.4, 0.5) is 0 Å². The Bertz CT molecular complexity index is 446. The highest BCUT2D eigenvalue weighted by Crippen LogP contribution is 2.31. The first kappa shape index (κ1) is 8.85. The molecule has 2 aromatic rings. The number of ether oxygens (including phenoxy) is 1. The molecule has 0 saturated carbocycles. The Labute approximate surface area is 87.7 Å². The van der Waals surface area contributed by atoms with Gasteiger partial charge in [-0.05, 0) is 25.8 Å². The summed E-state index contributed by atoms with van der Waals surface area (Å²) in [5.41, 5.74) is 1.94. The zero-order valence-corrected chi connectivity index (χ0v) is 8.60. The van der Waals surface area contributed by atoms with Gasteiger partial charge in [-0.1, -0.05) is 0 Å². The van der Waals surface area contributed by atoms with Crippen molar-refractivity contribution in [1.82, 2.24) is 15.0 Å². The molecule has 15 heavy (non-hydrogen) atoms. The summed E-state index contributed by atoms with van der Waals surface area (Å²) in [6.07, 6.45) is 6.19. The molecule has 0 aliphatic carbocycles. The van der Waals surface area contributed by atoms with E-state index in [1.807, 2.05) is 6.07 Å². The fourth-order valence-electron chi connectivity index (χ4n) is 2.03. The summed E-state index contributed by atoms with van der Waals surface area (Å²) in [4.78, 5) is 11.8. The maximum atomic E-state index is 5.76. The number of aromatic amines is 1. The average Bonchev–Trinajstić information content (AvgIpc) is 2.82. The number of pyridine rings is 1. The molecule has 0 radical (unpaired) electrons. The van der Waals surface area contributed by atoms with E-state index in [0.717, 1.165) is 29.7 Å². The molecule has 2 unspecified atom stereocenters. The van der Waals surface area contributed by atoms with Gasteiger partial charge in [0.2, 0.25) is 0 Å². The third-order valence-corrected chi connectivity index (χ3v) is 2.84. The summed E-state index contributed by atoms with van der Waals surface area (Å²) in [5, 5.41) is 0. The van der Waals surface area contributed by atoms with Crippen molar-refractivity contribution in [2.45, 2.75) is 32.0 Å². The number of hydrogen-bond donors (Lipinski definition) is 1. The summed E-state index contributed by atoms with van der Waals surface area (Å²) < 4.78 is 5.76. The van der Waals surface area contributed by atoms with Crippen LogP contribution >= 0.6 is 0 Å². The zero-order valence-electron chi connectivity index (χ0n) is 8.60. The molecule has 4 heteroatoms. The molecule has 3 rings (SSSR count). The van der Waals surface area contributed by atoms with Crippen LogP contribution in [0, 0.1) is 0 Å². The highest BCUT2D eigenvalue weighted by Gasteiger charge is 2.25. The standard InChI is InChI=1S/C11H13N3O/c1-7-2-3-10(15-7)11-13-8-4-5-12-6-9(8)14-11/h4-7,10H,2-3H2,1H3,(H,13,14). The Hall–Kier alpha value is -1.42. The van der Waals surface area contributed by atoms with Gasteiger partial charge in [0.05, 0.1) is 23.3 Å². The van der Waals surface area contributed by atoms with Gasteiger partial charge in [0.25, 0.3) is 0 Å². The lowest BCUT2D eigenvalue weighted by Gasteiger charge is -2.06. The average molecular weight is 203 g/mol. The second-order valence-electron chi connectivity index (χ2n) is 4.03. The van der Waals surface area contributed by atoms with Gasteiger partial charge in [-0.3, -0.25) is 4.98 Å². The molecular weight excluding hydrogens is 190 g/mol. The van der Waals surface area contributed by atoms with E-state index in [0.29, 0.717) is 6.10 Å². The Kier molecular flexibility index (Phi) is 1.95. The lowest BCUT2D eigenvalue weighted by Crippen LogP contribution is -2.02. The minimum Gasteiger partial charge on any atom is -0.367 e. The summed E-state index contributed by atoms with van der Waals surface area (Å²) >= 11 is 0. The molecule has 1 saturated heterocycles. The van der Waals surface area contributed by atoms with Crippen LogP contribution in [0.3, 0.4) is 0 Å². The van der Waals surface area contributed by atoms with Gasteiger partial charge in [-0.2, -0.15) is 0 Å². The van der Waals surface area contributed by atoms with Crippen molar-refractivity contribution in [3.8, 4) is 0 Å². The maximum absolute atomic E-state index is 5.76. The van der Waals surface area contributed by atoms with E-state index in [4.69, 9.17) is 4.74 Å². The van der Waals surface area contributed by atoms with Gasteiger partial charge in [0.15, 0.2) is 0 Å². The Balaban J connectivity index is 1.98. The van der Waals surface area contributed by atoms with Gasteiger partial charge in [-0.25, -0.2) is 4.98 Å². The van der Waals surface area contributed by atoms with E-state index in [1.165, 1.54) is 0 Å². The number of aromatic nitrogens is 3. The molecule has 0 spiro atoms. The fraction of sp³-hybridized carbons (Fsp3) is 0.455. The zero-order chi connectivity index (χ0) is 10.3. The molecule has 0 bridgehead atoms. The van der Waals surface area contributed by atoms with Crippen LogP contribution in [0.2, 0.25) is 0 Å². The normalized spacial score (nSPS) is 26.2. The summed E-state index contributed by atoms with van der Waals surface area (Å²) in [6, 6.07) is 1.91. The molecule has 78 valence electrons. The van der Waals surface area contributed by atoms with Crippen LogP contribution in [0.5, 0.6) is 0 Å². The van der Waals surface area contributed by atoms with Gasteiger partial charge < -0.3 is 9.72 Å². The van der Waals surface area contributed by atoms with Crippen LogP contribution in [0.1, 0.15) is 31.7 Å². The van der Waals surface area contributed by atoms with E-state index < -0.39 is 0 Å². The number of imidazole rings is 1. The number of rotatable bonds is 1. The van der Waals surface area contributed by atoms with Crippen LogP contribution in [-0.2, 0) is 4.74 Å². The van der Waals surface area contributed by atoms with E-state index >= 15 is 0 Å². The first-order chi connectivity index (χ1) is 7.33. The third-order valence-electron chi connectivity index (χ3n) is 2.84. The first-order valence-electron chi connectivity index (χ1n) is 5.28. The number of nitrogens with one attached hydrogen (secondary N) is 1. The fourth-order valence-corrected chi connectivity index (χ4v) is 2.03. The highest BCUT2D eigenvalue weighted by atomic mass is 16.5. The van der Waals surface area contributed by atoms with E-state index in [2.05, 4.69) is 21.9 Å². The summed E-state index contributed by atoms with van der Waals surface area (Å²) in [5.74, 6) is 0.933. The van der Waals surface area contributed by atoms with Crippen molar-refractivity contribution in [1.29, 1.82) is 0 Å². The van der Waals surface area contributed by atoms with Gasteiger partial charge in [0, 0.05) is 6.20 Å². The SMILES string of the molecule is CC1CCC(c2nc3ccncc3[nH]2)O1.